The van der Waals surface area contributed by atoms with Gasteiger partial charge in [0.05, 0.1) is 11.6 Å². The first-order valence-electron chi connectivity index (χ1n) is 3.14. The second-order valence-corrected chi connectivity index (χ2v) is 2.90. The molecular weight excluding hydrogens is 212 g/mol. The van der Waals surface area contributed by atoms with E-state index in [1.807, 2.05) is 13.0 Å². The molecule has 3 nitrogen and oxygen atoms in total. The van der Waals surface area contributed by atoms with Gasteiger partial charge in [0.2, 0.25) is 0 Å². The lowest BCUT2D eigenvalue weighted by atomic mass is 10.4. The van der Waals surface area contributed by atoms with Gasteiger partial charge in [0.1, 0.15) is 18.1 Å². The zero-order valence-electron chi connectivity index (χ0n) is 6.39. The van der Waals surface area contributed by atoms with Crippen LogP contribution in [0.1, 0.15) is 11.5 Å². The number of hydrogen-bond acceptors (Lipinski definition) is 3. The second kappa shape index (κ2) is 3.90. The van der Waals surface area contributed by atoms with Gasteiger partial charge in [-0.25, -0.2) is 9.78 Å². The van der Waals surface area contributed by atoms with Crippen molar-refractivity contribution in [3.8, 4) is 0 Å². The Morgan fingerprint density at radius 2 is 2.36 bits per heavy atom. The van der Waals surface area contributed by atoms with Crippen LogP contribution < -0.4 is 0 Å². The minimum absolute atomic E-state index is 0.336. The van der Waals surface area contributed by atoms with Crippen LogP contribution in [0.4, 0.5) is 0 Å². The molecule has 1 aromatic heterocycles. The zero-order chi connectivity index (χ0) is 8.27. The number of hydrogen-bond donors (Lipinski definition) is 0. The second-order valence-electron chi connectivity index (χ2n) is 2.05. The van der Waals surface area contributed by atoms with Crippen LogP contribution in [0.3, 0.4) is 0 Å². The molecule has 0 amide bonds. The molecule has 0 N–H and O–H groups in total. The van der Waals surface area contributed by atoms with Gasteiger partial charge in [0, 0.05) is 0 Å². The van der Waals surface area contributed by atoms with Gasteiger partial charge >= 0.3 is 0 Å². The summed E-state index contributed by atoms with van der Waals surface area (Å²) in [6.07, 6.45) is 0. The van der Waals surface area contributed by atoms with E-state index >= 15 is 0 Å². The fraction of sp³-hybridized carbons (Fsp3) is 0.429. The summed E-state index contributed by atoms with van der Waals surface area (Å²) in [4.78, 5) is 9.09. The highest BCUT2D eigenvalue weighted by Crippen LogP contribution is 2.20. The van der Waals surface area contributed by atoms with E-state index in [4.69, 9.17) is 4.42 Å². The molecule has 0 saturated heterocycles. The number of rotatable bonds is 3. The van der Waals surface area contributed by atoms with Crippen LogP contribution in [0.2, 0.25) is 0 Å². The Morgan fingerprint density at radius 3 is 2.82 bits per heavy atom. The van der Waals surface area contributed by atoms with Crippen molar-refractivity contribution >= 4 is 15.9 Å². The Hall–Kier alpha value is -0.320. The minimum Gasteiger partial charge on any atom is -0.463 e. The summed E-state index contributed by atoms with van der Waals surface area (Å²) in [7, 11) is 1.46. The van der Waals surface area contributed by atoms with Crippen molar-refractivity contribution in [1.82, 2.24) is 0 Å². The Balaban J connectivity index is 2.58. The Labute approximate surface area is 73.3 Å². The summed E-state index contributed by atoms with van der Waals surface area (Å²) in [5, 5.41) is 0. The molecule has 0 bridgehead atoms. The standard InChI is InChI=1S/C7H9BrO3/c1-5-7(8)3-6(11-5)4-10-9-2/h3H,4H2,1-2H3. The van der Waals surface area contributed by atoms with Crippen molar-refractivity contribution in [3.05, 3.63) is 22.1 Å². The molecule has 0 unspecified atom stereocenters. The first-order valence-corrected chi connectivity index (χ1v) is 3.93. The number of halogens is 1. The van der Waals surface area contributed by atoms with Gasteiger partial charge in [0.25, 0.3) is 0 Å². The van der Waals surface area contributed by atoms with E-state index in [1.54, 1.807) is 0 Å². The predicted octanol–water partition coefficient (Wildman–Crippen LogP) is 2.43. The monoisotopic (exact) mass is 220 g/mol. The smallest absolute Gasteiger partial charge is 0.140 e. The van der Waals surface area contributed by atoms with Crippen molar-refractivity contribution in [2.75, 3.05) is 7.11 Å². The molecule has 0 aliphatic rings. The SMILES string of the molecule is COOCc1cc(Br)c(C)o1. The van der Waals surface area contributed by atoms with Crippen molar-refractivity contribution in [2.45, 2.75) is 13.5 Å². The third kappa shape index (κ3) is 2.32. The van der Waals surface area contributed by atoms with Gasteiger partial charge in [0.15, 0.2) is 0 Å². The van der Waals surface area contributed by atoms with E-state index in [9.17, 15) is 0 Å². The first kappa shape index (κ1) is 8.77. The molecule has 1 rings (SSSR count). The van der Waals surface area contributed by atoms with Crippen LogP contribution in [0.15, 0.2) is 15.0 Å². The van der Waals surface area contributed by atoms with Gasteiger partial charge in [-0.1, -0.05) is 0 Å². The first-order chi connectivity index (χ1) is 5.24. The summed E-state index contributed by atoms with van der Waals surface area (Å²) in [6, 6.07) is 1.86. The summed E-state index contributed by atoms with van der Waals surface area (Å²) in [5.41, 5.74) is 0. The van der Waals surface area contributed by atoms with Crippen molar-refractivity contribution in [3.63, 3.8) is 0 Å². The molecule has 0 aliphatic carbocycles. The molecule has 0 aliphatic heterocycles. The van der Waals surface area contributed by atoms with Crippen LogP contribution in [0, 0.1) is 6.92 Å². The Morgan fingerprint density at radius 1 is 1.64 bits per heavy atom. The van der Waals surface area contributed by atoms with Crippen molar-refractivity contribution < 1.29 is 14.2 Å². The fourth-order valence-corrected chi connectivity index (χ4v) is 1.04. The molecule has 1 aromatic rings. The molecule has 0 atom stereocenters. The molecule has 4 heteroatoms. The van der Waals surface area contributed by atoms with Gasteiger partial charge in [-0.15, -0.1) is 0 Å². The summed E-state index contributed by atoms with van der Waals surface area (Å²) in [6.45, 7) is 2.21. The van der Waals surface area contributed by atoms with Crippen LogP contribution in [0.25, 0.3) is 0 Å². The van der Waals surface area contributed by atoms with E-state index in [-0.39, 0.29) is 0 Å². The molecule has 62 valence electrons. The van der Waals surface area contributed by atoms with E-state index in [1.165, 1.54) is 7.11 Å². The summed E-state index contributed by atoms with van der Waals surface area (Å²) in [5.74, 6) is 1.59. The molecule has 11 heavy (non-hydrogen) atoms. The Kier molecular flexibility index (Phi) is 3.11. The number of furan rings is 1. The lowest BCUT2D eigenvalue weighted by Crippen LogP contribution is -1.87. The van der Waals surface area contributed by atoms with Crippen LogP contribution >= 0.6 is 15.9 Å². The van der Waals surface area contributed by atoms with Gasteiger partial charge in [-0.05, 0) is 28.9 Å². The molecule has 0 saturated carbocycles. The molecule has 0 radical (unpaired) electrons. The lowest BCUT2D eigenvalue weighted by Gasteiger charge is -1.93. The third-order valence-corrected chi connectivity index (χ3v) is 2.01. The van der Waals surface area contributed by atoms with Gasteiger partial charge < -0.3 is 4.42 Å². The molecule has 0 aromatic carbocycles. The maximum absolute atomic E-state index is 5.26. The predicted molar refractivity (Wildman–Crippen MR) is 42.9 cm³/mol. The van der Waals surface area contributed by atoms with E-state index in [2.05, 4.69) is 25.7 Å². The normalized spacial score (nSPS) is 10.5. The van der Waals surface area contributed by atoms with Crippen LogP contribution in [0.5, 0.6) is 0 Å². The van der Waals surface area contributed by atoms with Gasteiger partial charge in [-0.2, -0.15) is 0 Å². The average Bonchev–Trinajstić information content (AvgIpc) is 2.28. The topological polar surface area (TPSA) is 31.6 Å². The van der Waals surface area contributed by atoms with Crippen LogP contribution in [-0.2, 0) is 16.4 Å². The maximum atomic E-state index is 5.26. The van der Waals surface area contributed by atoms with E-state index < -0.39 is 0 Å². The Bertz CT molecular complexity index is 212. The highest BCUT2D eigenvalue weighted by atomic mass is 79.9. The van der Waals surface area contributed by atoms with Gasteiger partial charge in [-0.3, -0.25) is 0 Å². The summed E-state index contributed by atoms with van der Waals surface area (Å²) >= 11 is 3.32. The molecule has 1 heterocycles. The van der Waals surface area contributed by atoms with E-state index in [0.29, 0.717) is 6.61 Å². The maximum Gasteiger partial charge on any atom is 0.140 e. The molecule has 0 spiro atoms. The average molecular weight is 221 g/mol. The van der Waals surface area contributed by atoms with Crippen LogP contribution in [-0.4, -0.2) is 7.11 Å². The third-order valence-electron chi connectivity index (χ3n) is 1.23. The molecular formula is C7H9BrO3. The zero-order valence-corrected chi connectivity index (χ0v) is 7.97. The fourth-order valence-electron chi connectivity index (χ4n) is 0.706. The largest absolute Gasteiger partial charge is 0.463 e. The minimum atomic E-state index is 0.336. The quantitative estimate of drug-likeness (QED) is 0.580. The highest BCUT2D eigenvalue weighted by Gasteiger charge is 2.03. The van der Waals surface area contributed by atoms with E-state index in [0.717, 1.165) is 16.0 Å². The highest BCUT2D eigenvalue weighted by molar-refractivity contribution is 9.10. The molecule has 0 fully saturated rings. The van der Waals surface area contributed by atoms with Crippen molar-refractivity contribution in [2.24, 2.45) is 0 Å². The number of aryl methyl sites for hydroxylation is 1. The van der Waals surface area contributed by atoms with Crippen molar-refractivity contribution in [1.29, 1.82) is 0 Å². The summed E-state index contributed by atoms with van der Waals surface area (Å²) < 4.78 is 6.22. The lowest BCUT2D eigenvalue weighted by molar-refractivity contribution is -0.284.